The largest absolute Gasteiger partial charge is 0.373 e. The Labute approximate surface area is 111 Å². The van der Waals surface area contributed by atoms with E-state index >= 15 is 0 Å². The van der Waals surface area contributed by atoms with Crippen LogP contribution in [0.15, 0.2) is 0 Å². The van der Waals surface area contributed by atoms with Gasteiger partial charge in [0.05, 0.1) is 24.9 Å². The molecule has 3 atom stereocenters. The summed E-state index contributed by atoms with van der Waals surface area (Å²) in [4.78, 5) is 2.42. The van der Waals surface area contributed by atoms with Gasteiger partial charge in [0, 0.05) is 19.6 Å². The summed E-state index contributed by atoms with van der Waals surface area (Å²) >= 11 is 0. The van der Waals surface area contributed by atoms with E-state index < -0.39 is 0 Å². The molecule has 0 aromatic heterocycles. The number of hydrogen-bond acceptors (Lipinski definition) is 4. The molecule has 0 radical (unpaired) electrons. The van der Waals surface area contributed by atoms with Crippen molar-refractivity contribution in [2.45, 2.75) is 44.8 Å². The van der Waals surface area contributed by atoms with Crippen LogP contribution in [-0.4, -0.2) is 56.0 Å². The van der Waals surface area contributed by atoms with E-state index in [1.165, 1.54) is 6.42 Å². The number of rotatable bonds is 5. The number of ether oxygens (including phenoxy) is 2. The van der Waals surface area contributed by atoms with Crippen LogP contribution in [0.25, 0.3) is 0 Å². The Hall–Kier alpha value is -0.160. The van der Waals surface area contributed by atoms with Crippen LogP contribution >= 0.6 is 0 Å². The number of nitrogens with two attached hydrogens (primary N) is 1. The van der Waals surface area contributed by atoms with Gasteiger partial charge in [0.15, 0.2) is 0 Å². The Balaban J connectivity index is 1.79. The van der Waals surface area contributed by atoms with Crippen LogP contribution in [0.3, 0.4) is 0 Å². The van der Waals surface area contributed by atoms with E-state index in [2.05, 4.69) is 18.7 Å². The first-order valence-corrected chi connectivity index (χ1v) is 7.35. The first-order valence-electron chi connectivity index (χ1n) is 7.35. The van der Waals surface area contributed by atoms with Crippen LogP contribution in [0.5, 0.6) is 0 Å². The predicted octanol–water partition coefficient (Wildman–Crippen LogP) is 1.24. The molecular formula is C14H28N2O2. The van der Waals surface area contributed by atoms with Gasteiger partial charge in [-0.2, -0.15) is 0 Å². The average Bonchev–Trinajstić information content (AvgIpc) is 2.79. The number of nitrogens with zero attached hydrogens (tertiary/aromatic N) is 1. The Morgan fingerprint density at radius 1 is 1.50 bits per heavy atom. The van der Waals surface area contributed by atoms with E-state index in [9.17, 15) is 0 Å². The lowest BCUT2D eigenvalue weighted by Crippen LogP contribution is -2.47. The van der Waals surface area contributed by atoms with E-state index in [4.69, 9.17) is 15.2 Å². The van der Waals surface area contributed by atoms with Gasteiger partial charge in [-0.05, 0) is 31.7 Å². The zero-order valence-corrected chi connectivity index (χ0v) is 11.9. The highest BCUT2D eigenvalue weighted by molar-refractivity contribution is 4.91. The van der Waals surface area contributed by atoms with Crippen molar-refractivity contribution in [1.29, 1.82) is 0 Å². The fraction of sp³-hybridized carbons (Fsp3) is 1.00. The molecule has 18 heavy (non-hydrogen) atoms. The van der Waals surface area contributed by atoms with Gasteiger partial charge in [0.25, 0.3) is 0 Å². The summed E-state index contributed by atoms with van der Waals surface area (Å²) in [5.74, 6) is 0.743. The van der Waals surface area contributed by atoms with Crippen LogP contribution in [0.4, 0.5) is 0 Å². The highest BCUT2D eigenvalue weighted by Gasteiger charge is 2.38. The maximum atomic E-state index is 6.17. The molecule has 1 saturated carbocycles. The van der Waals surface area contributed by atoms with Crippen LogP contribution in [-0.2, 0) is 9.47 Å². The molecule has 1 heterocycles. The molecule has 0 spiro atoms. The van der Waals surface area contributed by atoms with Crippen molar-refractivity contribution in [2.75, 3.05) is 39.4 Å². The van der Waals surface area contributed by atoms with Gasteiger partial charge in [-0.1, -0.05) is 13.8 Å². The van der Waals surface area contributed by atoms with Crippen molar-refractivity contribution in [3.63, 3.8) is 0 Å². The van der Waals surface area contributed by atoms with Crippen LogP contribution in [0.2, 0.25) is 0 Å². The van der Waals surface area contributed by atoms with Crippen LogP contribution in [0, 0.1) is 5.92 Å². The van der Waals surface area contributed by atoms with Crippen molar-refractivity contribution in [3.05, 3.63) is 0 Å². The number of morpholine rings is 1. The molecule has 4 nitrogen and oxygen atoms in total. The molecule has 4 heteroatoms. The third kappa shape index (κ3) is 3.44. The fourth-order valence-electron chi connectivity index (χ4n) is 3.16. The lowest BCUT2D eigenvalue weighted by molar-refractivity contribution is -0.115. The smallest absolute Gasteiger partial charge is 0.0935 e. The molecule has 2 fully saturated rings. The fourth-order valence-corrected chi connectivity index (χ4v) is 3.16. The quantitative estimate of drug-likeness (QED) is 0.804. The molecule has 2 aliphatic rings. The minimum absolute atomic E-state index is 0.0722. The number of likely N-dealkylation sites (N-methyl/N-ethyl adjacent to an activating group) is 1. The molecule has 2 rings (SSSR count). The van der Waals surface area contributed by atoms with E-state index in [1.54, 1.807) is 0 Å². The van der Waals surface area contributed by atoms with Gasteiger partial charge in [-0.15, -0.1) is 0 Å². The normalized spacial score (nSPS) is 38.2. The van der Waals surface area contributed by atoms with Crippen molar-refractivity contribution in [1.82, 2.24) is 4.90 Å². The summed E-state index contributed by atoms with van der Waals surface area (Å²) in [6.07, 6.45) is 3.67. The molecule has 1 saturated heterocycles. The third-order valence-electron chi connectivity index (χ3n) is 4.43. The van der Waals surface area contributed by atoms with E-state index in [0.717, 1.165) is 45.0 Å². The summed E-state index contributed by atoms with van der Waals surface area (Å²) in [7, 11) is 0. The topological polar surface area (TPSA) is 47.7 Å². The van der Waals surface area contributed by atoms with Crippen LogP contribution in [0.1, 0.15) is 33.1 Å². The maximum Gasteiger partial charge on any atom is 0.0935 e. The van der Waals surface area contributed by atoms with Gasteiger partial charge < -0.3 is 15.2 Å². The molecule has 0 amide bonds. The molecule has 3 unspecified atom stereocenters. The van der Waals surface area contributed by atoms with E-state index in [-0.39, 0.29) is 11.7 Å². The molecule has 0 aromatic carbocycles. The Kier molecular flexibility index (Phi) is 5.01. The van der Waals surface area contributed by atoms with Gasteiger partial charge in [-0.3, -0.25) is 4.90 Å². The highest BCUT2D eigenvalue weighted by Crippen LogP contribution is 2.36. The Morgan fingerprint density at radius 3 is 2.94 bits per heavy atom. The SMILES string of the molecule is CCN1CCOC(COC2(CN)CCC(C)C2)C1. The Morgan fingerprint density at radius 2 is 2.33 bits per heavy atom. The minimum Gasteiger partial charge on any atom is -0.373 e. The second-order valence-corrected chi connectivity index (χ2v) is 5.93. The van der Waals surface area contributed by atoms with Gasteiger partial charge in [0.2, 0.25) is 0 Å². The van der Waals surface area contributed by atoms with E-state index in [1.807, 2.05) is 0 Å². The molecule has 0 aromatic rings. The lowest BCUT2D eigenvalue weighted by Gasteiger charge is -2.35. The summed E-state index contributed by atoms with van der Waals surface area (Å²) in [6, 6.07) is 0. The first kappa shape index (κ1) is 14.3. The van der Waals surface area contributed by atoms with Crippen molar-refractivity contribution < 1.29 is 9.47 Å². The molecule has 2 N–H and O–H groups in total. The standard InChI is InChI=1S/C14H28N2O2/c1-3-16-6-7-17-13(9-16)10-18-14(11-15)5-4-12(2)8-14/h12-13H,3-11,15H2,1-2H3. The van der Waals surface area contributed by atoms with Crippen LogP contribution < -0.4 is 5.73 Å². The summed E-state index contributed by atoms with van der Waals surface area (Å²) in [5.41, 5.74) is 5.85. The second kappa shape index (κ2) is 6.33. The Bertz CT molecular complexity index is 262. The van der Waals surface area contributed by atoms with Gasteiger partial charge in [-0.25, -0.2) is 0 Å². The highest BCUT2D eigenvalue weighted by atomic mass is 16.5. The maximum absolute atomic E-state index is 6.17. The molecule has 1 aliphatic carbocycles. The molecule has 106 valence electrons. The van der Waals surface area contributed by atoms with Gasteiger partial charge >= 0.3 is 0 Å². The monoisotopic (exact) mass is 256 g/mol. The zero-order valence-electron chi connectivity index (χ0n) is 11.9. The predicted molar refractivity (Wildman–Crippen MR) is 72.6 cm³/mol. The second-order valence-electron chi connectivity index (χ2n) is 5.93. The van der Waals surface area contributed by atoms with Gasteiger partial charge in [0.1, 0.15) is 0 Å². The van der Waals surface area contributed by atoms with Crippen molar-refractivity contribution in [3.8, 4) is 0 Å². The van der Waals surface area contributed by atoms with E-state index in [0.29, 0.717) is 13.2 Å². The number of hydrogen-bond donors (Lipinski definition) is 1. The zero-order chi connectivity index (χ0) is 13.0. The summed E-state index contributed by atoms with van der Waals surface area (Å²) in [6.45, 7) is 9.79. The summed E-state index contributed by atoms with van der Waals surface area (Å²) in [5, 5.41) is 0. The molecular weight excluding hydrogens is 228 g/mol. The third-order valence-corrected chi connectivity index (χ3v) is 4.43. The molecule has 0 bridgehead atoms. The minimum atomic E-state index is -0.0722. The van der Waals surface area contributed by atoms with Crippen molar-refractivity contribution in [2.24, 2.45) is 11.7 Å². The molecule has 1 aliphatic heterocycles. The van der Waals surface area contributed by atoms with Crippen molar-refractivity contribution >= 4 is 0 Å². The lowest BCUT2D eigenvalue weighted by atomic mass is 10.0. The summed E-state index contributed by atoms with van der Waals surface area (Å²) < 4.78 is 11.9. The first-order chi connectivity index (χ1) is 8.67. The average molecular weight is 256 g/mol.